The molecule has 3 aliphatic carbocycles. The van der Waals surface area contributed by atoms with Crippen molar-refractivity contribution < 1.29 is 37.7 Å². The van der Waals surface area contributed by atoms with Gasteiger partial charge in [0.15, 0.2) is 11.5 Å². The van der Waals surface area contributed by atoms with Crippen LogP contribution < -0.4 is 25.4 Å². The lowest BCUT2D eigenvalue weighted by molar-refractivity contribution is -0.141. The molecule has 0 radical (unpaired) electrons. The van der Waals surface area contributed by atoms with Crippen molar-refractivity contribution in [2.45, 2.75) is 88.4 Å². The highest BCUT2D eigenvalue weighted by Crippen LogP contribution is 2.45. The molecule has 0 amide bonds. The number of carboxylic acid groups (broad SMARTS) is 1. The Kier molecular flexibility index (Phi) is 10.5. The van der Waals surface area contributed by atoms with Crippen LogP contribution in [0.4, 0.5) is 19.0 Å². The summed E-state index contributed by atoms with van der Waals surface area (Å²) in [6, 6.07) is 14.0. The number of nitrogens with zero attached hydrogens (tertiary/aromatic N) is 3. The number of aliphatic carboxylic acids is 1. The van der Waals surface area contributed by atoms with Crippen molar-refractivity contribution in [1.82, 2.24) is 25.6 Å². The van der Waals surface area contributed by atoms with Crippen LogP contribution in [0.2, 0.25) is 5.02 Å². The van der Waals surface area contributed by atoms with Gasteiger partial charge in [-0.2, -0.15) is 18.2 Å². The molecule has 2 heterocycles. The van der Waals surface area contributed by atoms with Crippen LogP contribution in [-0.2, 0) is 30.5 Å². The maximum Gasteiger partial charge on any atom is 0.437 e. The Hall–Kier alpha value is -4.50. The van der Waals surface area contributed by atoms with Crippen molar-refractivity contribution in [2.24, 2.45) is 5.92 Å². The number of hydrogen-bond acceptors (Lipinski definition) is 10. The van der Waals surface area contributed by atoms with Gasteiger partial charge < -0.3 is 30.3 Å². The number of pyridine rings is 1. The number of ether oxygens (including phenoxy) is 2. The van der Waals surface area contributed by atoms with Crippen molar-refractivity contribution in [2.75, 3.05) is 19.5 Å². The van der Waals surface area contributed by atoms with Gasteiger partial charge in [-0.1, -0.05) is 54.1 Å². The highest BCUT2D eigenvalue weighted by atomic mass is 35.5. The highest BCUT2D eigenvalue weighted by Gasteiger charge is 2.41. The average molecular weight is 767 g/mol. The molecule has 0 bridgehead atoms. The van der Waals surface area contributed by atoms with Gasteiger partial charge >= 0.3 is 12.1 Å². The number of carbonyl (C=O) groups is 1. The first kappa shape index (κ1) is 37.8. The third-order valence-corrected chi connectivity index (χ3v) is 10.9. The summed E-state index contributed by atoms with van der Waals surface area (Å²) in [6.07, 6.45) is -0.953. The van der Waals surface area contributed by atoms with Gasteiger partial charge in [-0.15, -0.1) is 0 Å². The minimum Gasteiger partial charge on any atom is -0.481 e. The zero-order chi connectivity index (χ0) is 38.4. The van der Waals surface area contributed by atoms with E-state index in [1.165, 1.54) is 7.11 Å². The van der Waals surface area contributed by atoms with Crippen LogP contribution in [0.5, 0.6) is 11.8 Å². The summed E-state index contributed by atoms with van der Waals surface area (Å²) >= 11 is 7.11. The molecular formula is C39H42ClF3N6O5. The Morgan fingerprint density at radius 3 is 2.33 bits per heavy atom. The molecule has 5 N–H and O–H groups in total. The van der Waals surface area contributed by atoms with E-state index >= 15 is 0 Å². The molecule has 2 atom stereocenters. The molecule has 2 saturated carbocycles. The molecule has 0 spiro atoms. The number of rotatable bonds is 14. The van der Waals surface area contributed by atoms with Gasteiger partial charge in [0.25, 0.3) is 0 Å². The highest BCUT2D eigenvalue weighted by molar-refractivity contribution is 6.36. The summed E-state index contributed by atoms with van der Waals surface area (Å²) in [5, 5.41) is 29.4. The van der Waals surface area contributed by atoms with Crippen LogP contribution in [0.1, 0.15) is 73.1 Å². The number of aromatic nitrogens is 3. The van der Waals surface area contributed by atoms with Crippen LogP contribution >= 0.6 is 11.6 Å². The summed E-state index contributed by atoms with van der Waals surface area (Å²) in [5.74, 6) is -1.28. The fourth-order valence-corrected chi connectivity index (χ4v) is 7.94. The second-order valence-electron chi connectivity index (χ2n) is 14.5. The van der Waals surface area contributed by atoms with Crippen LogP contribution in [0.15, 0.2) is 48.5 Å². The number of nitrogens with one attached hydrogen (secondary N) is 3. The predicted molar refractivity (Wildman–Crippen MR) is 196 cm³/mol. The van der Waals surface area contributed by atoms with Gasteiger partial charge in [0, 0.05) is 35.8 Å². The third-order valence-electron chi connectivity index (χ3n) is 10.5. The second kappa shape index (κ2) is 15.0. The average Bonchev–Trinajstić information content (AvgIpc) is 3.88. The molecule has 0 saturated heterocycles. The summed E-state index contributed by atoms with van der Waals surface area (Å²) in [7, 11) is 2.85. The van der Waals surface area contributed by atoms with Crippen molar-refractivity contribution >= 4 is 23.4 Å². The fourth-order valence-electron chi connectivity index (χ4n) is 7.61. The Morgan fingerprint density at radius 2 is 1.67 bits per heavy atom. The molecule has 2 aromatic carbocycles. The van der Waals surface area contributed by atoms with E-state index in [0.717, 1.165) is 40.7 Å². The minimum absolute atomic E-state index is 0.0773. The number of alkyl halides is 3. The zero-order valence-corrected chi connectivity index (χ0v) is 30.8. The van der Waals surface area contributed by atoms with Gasteiger partial charge in [0.05, 0.1) is 36.6 Å². The number of anilines is 1. The van der Waals surface area contributed by atoms with E-state index in [-0.39, 0.29) is 30.1 Å². The van der Waals surface area contributed by atoms with Gasteiger partial charge in [0.2, 0.25) is 11.8 Å². The smallest absolute Gasteiger partial charge is 0.437 e. The number of hydrogen-bond donors (Lipinski definition) is 5. The summed E-state index contributed by atoms with van der Waals surface area (Å²) in [5.41, 5.74) is 3.61. The molecule has 2 aromatic heterocycles. The molecule has 3 aliphatic rings. The molecule has 7 rings (SSSR count). The number of halogens is 4. The monoisotopic (exact) mass is 766 g/mol. The minimum atomic E-state index is -4.85. The van der Waals surface area contributed by atoms with Crippen molar-refractivity contribution in [3.63, 3.8) is 0 Å². The van der Waals surface area contributed by atoms with Gasteiger partial charge in [-0.3, -0.25) is 10.1 Å². The molecular weight excluding hydrogens is 725 g/mol. The molecule has 286 valence electrons. The predicted octanol–water partition coefficient (Wildman–Crippen LogP) is 6.95. The van der Waals surface area contributed by atoms with Gasteiger partial charge in [-0.25, -0.2) is 9.97 Å². The fraction of sp³-hybridized carbons (Fsp3) is 0.436. The van der Waals surface area contributed by atoms with Gasteiger partial charge in [-0.05, 0) is 74.1 Å². The van der Waals surface area contributed by atoms with Crippen LogP contribution in [0.3, 0.4) is 0 Å². The van der Waals surface area contributed by atoms with E-state index in [0.29, 0.717) is 54.4 Å². The van der Waals surface area contributed by atoms with Crippen LogP contribution in [-0.4, -0.2) is 63.0 Å². The van der Waals surface area contributed by atoms with E-state index < -0.39 is 41.3 Å². The normalized spacial score (nSPS) is 21.3. The van der Waals surface area contributed by atoms with Crippen LogP contribution in [0.25, 0.3) is 22.4 Å². The SMILES string of the molecule is COc1nc(-c2cccc(-c3cccc4c3CC[C@@H]4Nc3nc(OC)c(CN[C@H](C(=O)O)C4CC4)nc3C(F)(F)F)c2Cl)ccc1CNC1CC(C)(O)C1. The van der Waals surface area contributed by atoms with E-state index in [9.17, 15) is 28.2 Å². The maximum absolute atomic E-state index is 14.5. The lowest BCUT2D eigenvalue weighted by Gasteiger charge is -2.41. The first-order valence-electron chi connectivity index (χ1n) is 17.9. The molecule has 15 heteroatoms. The zero-order valence-electron chi connectivity index (χ0n) is 30.1. The Labute approximate surface area is 315 Å². The molecule has 0 unspecified atom stereocenters. The third kappa shape index (κ3) is 7.83. The number of aliphatic hydroxyl groups is 1. The number of methoxy groups -OCH3 is 2. The van der Waals surface area contributed by atoms with Crippen molar-refractivity contribution in [3.8, 4) is 34.1 Å². The molecule has 4 aromatic rings. The quantitative estimate of drug-likeness (QED) is 0.0908. The summed E-state index contributed by atoms with van der Waals surface area (Å²) < 4.78 is 54.3. The number of fused-ring (bicyclic) bond motifs is 1. The van der Waals surface area contributed by atoms with E-state index in [1.54, 1.807) is 7.11 Å². The van der Waals surface area contributed by atoms with Crippen molar-refractivity contribution in [3.05, 3.63) is 81.6 Å². The lowest BCUT2D eigenvalue weighted by Crippen LogP contribution is -2.51. The maximum atomic E-state index is 14.5. The Bertz CT molecular complexity index is 2050. The topological polar surface area (TPSA) is 151 Å². The largest absolute Gasteiger partial charge is 0.481 e. The van der Waals surface area contributed by atoms with Gasteiger partial charge in [0.1, 0.15) is 11.7 Å². The molecule has 54 heavy (non-hydrogen) atoms. The van der Waals surface area contributed by atoms with E-state index in [2.05, 4.69) is 25.9 Å². The first-order chi connectivity index (χ1) is 25.8. The lowest BCUT2D eigenvalue weighted by atomic mass is 9.77. The number of carboxylic acids is 1. The van der Waals surface area contributed by atoms with E-state index in [1.807, 2.05) is 55.5 Å². The first-order valence-corrected chi connectivity index (χ1v) is 18.3. The van der Waals surface area contributed by atoms with Crippen LogP contribution in [0, 0.1) is 5.92 Å². The molecule has 2 fully saturated rings. The summed E-state index contributed by atoms with van der Waals surface area (Å²) in [6.45, 7) is 2.11. The van der Waals surface area contributed by atoms with Crippen molar-refractivity contribution in [1.29, 1.82) is 0 Å². The number of benzene rings is 2. The standard InChI is InChI=1S/C39H42ClF3N6O5/c1-38(52)16-22(17-38)44-18-21-12-14-29(48-35(21)53-2)27-9-5-8-26(31(27)40)23-6-4-7-25-24(23)13-15-28(25)47-34-33(39(41,42)43)46-30(36(49-34)54-3)19-45-32(37(50)51)20-10-11-20/h4-9,12,14,20,22,28,32,44-45,52H,10-11,13,15-19H2,1-3H3,(H,47,49)(H,50,51)/t22?,28-,32-,38?/m0/s1. The Morgan fingerprint density at radius 1 is 0.963 bits per heavy atom. The molecule has 0 aliphatic heterocycles. The summed E-state index contributed by atoms with van der Waals surface area (Å²) in [4.78, 5) is 24.6. The second-order valence-corrected chi connectivity index (χ2v) is 14.9. The molecule has 11 nitrogen and oxygen atoms in total. The van der Waals surface area contributed by atoms with E-state index in [4.69, 9.17) is 26.1 Å². The Balaban J connectivity index is 1.13.